The molecule has 6 nitrogen and oxygen atoms in total. The first kappa shape index (κ1) is 16.6. The Morgan fingerprint density at radius 3 is 2.52 bits per heavy atom. The molecule has 1 heterocycles. The minimum atomic E-state index is -0.351. The standard InChI is InChI=1S/C19H18N2O4/c1-12(17-10-13-6-4-5-7-15(13)25-17)20-21-19(22)14-8-9-16(23-2)18(11-14)24-3/h4-11H,1-3H3,(H,21,22)/b20-12-. The second kappa shape index (κ2) is 7.09. The van der Waals surface area contributed by atoms with Gasteiger partial charge in [-0.25, -0.2) is 5.43 Å². The molecule has 6 heteroatoms. The van der Waals surface area contributed by atoms with Crippen molar-refractivity contribution in [1.29, 1.82) is 0 Å². The van der Waals surface area contributed by atoms with Gasteiger partial charge in [0.1, 0.15) is 11.3 Å². The zero-order valence-electron chi connectivity index (χ0n) is 14.2. The fourth-order valence-electron chi connectivity index (χ4n) is 2.39. The van der Waals surface area contributed by atoms with E-state index < -0.39 is 0 Å². The van der Waals surface area contributed by atoms with E-state index in [9.17, 15) is 4.79 Å². The number of furan rings is 1. The van der Waals surface area contributed by atoms with Crippen molar-refractivity contribution in [1.82, 2.24) is 5.43 Å². The van der Waals surface area contributed by atoms with Gasteiger partial charge in [-0.2, -0.15) is 5.10 Å². The van der Waals surface area contributed by atoms with E-state index in [0.717, 1.165) is 11.0 Å². The quantitative estimate of drug-likeness (QED) is 0.570. The second-order valence-electron chi connectivity index (χ2n) is 5.36. The summed E-state index contributed by atoms with van der Waals surface area (Å²) < 4.78 is 16.1. The molecular weight excluding hydrogens is 320 g/mol. The molecule has 1 amide bonds. The van der Waals surface area contributed by atoms with Crippen molar-refractivity contribution in [3.63, 3.8) is 0 Å². The Morgan fingerprint density at radius 2 is 1.80 bits per heavy atom. The van der Waals surface area contributed by atoms with Gasteiger partial charge >= 0.3 is 0 Å². The summed E-state index contributed by atoms with van der Waals surface area (Å²) in [7, 11) is 3.06. The van der Waals surface area contributed by atoms with Gasteiger partial charge < -0.3 is 13.9 Å². The third-order valence-electron chi connectivity index (χ3n) is 3.75. The van der Waals surface area contributed by atoms with Gasteiger partial charge in [0.15, 0.2) is 17.3 Å². The maximum Gasteiger partial charge on any atom is 0.271 e. The molecule has 0 saturated carbocycles. The number of methoxy groups -OCH3 is 2. The van der Waals surface area contributed by atoms with Crippen LogP contribution >= 0.6 is 0 Å². The van der Waals surface area contributed by atoms with Crippen LogP contribution in [0.25, 0.3) is 11.0 Å². The molecule has 128 valence electrons. The molecule has 0 radical (unpaired) electrons. The van der Waals surface area contributed by atoms with Gasteiger partial charge in [-0.05, 0) is 37.3 Å². The lowest BCUT2D eigenvalue weighted by atomic mass is 10.2. The molecule has 0 fully saturated rings. The Hall–Kier alpha value is -3.28. The molecule has 0 bridgehead atoms. The zero-order chi connectivity index (χ0) is 17.8. The predicted octanol–water partition coefficient (Wildman–Crippen LogP) is 3.60. The first-order valence-electron chi connectivity index (χ1n) is 7.68. The summed E-state index contributed by atoms with van der Waals surface area (Å²) in [5.74, 6) is 1.29. The molecule has 2 aromatic carbocycles. The molecule has 0 atom stereocenters. The molecule has 0 aliphatic heterocycles. The van der Waals surface area contributed by atoms with E-state index in [1.165, 1.54) is 7.11 Å². The lowest BCUT2D eigenvalue weighted by molar-refractivity contribution is 0.0954. The number of ether oxygens (including phenoxy) is 2. The molecular formula is C19H18N2O4. The monoisotopic (exact) mass is 338 g/mol. The second-order valence-corrected chi connectivity index (χ2v) is 5.36. The van der Waals surface area contributed by atoms with Gasteiger partial charge in [0.05, 0.1) is 14.2 Å². The van der Waals surface area contributed by atoms with Crippen LogP contribution in [0.5, 0.6) is 11.5 Å². The summed E-state index contributed by atoms with van der Waals surface area (Å²) in [5.41, 5.74) is 4.29. The summed E-state index contributed by atoms with van der Waals surface area (Å²) in [6, 6.07) is 14.5. The lowest BCUT2D eigenvalue weighted by Gasteiger charge is -2.08. The molecule has 0 spiro atoms. The number of nitrogens with one attached hydrogen (secondary N) is 1. The van der Waals surface area contributed by atoms with Gasteiger partial charge in [0.2, 0.25) is 0 Å². The van der Waals surface area contributed by atoms with E-state index in [1.54, 1.807) is 32.2 Å². The van der Waals surface area contributed by atoms with Gasteiger partial charge in [-0.15, -0.1) is 0 Å². The van der Waals surface area contributed by atoms with Crippen LogP contribution in [0.15, 0.2) is 58.0 Å². The molecule has 1 N–H and O–H groups in total. The normalized spacial score (nSPS) is 11.4. The average molecular weight is 338 g/mol. The fraction of sp³-hybridized carbons (Fsp3) is 0.158. The SMILES string of the molecule is COc1ccc(C(=O)N/N=C(/C)c2cc3ccccc3o2)cc1OC. The number of hydrogen-bond acceptors (Lipinski definition) is 5. The molecule has 3 rings (SSSR count). The van der Waals surface area contributed by atoms with E-state index in [1.807, 2.05) is 30.3 Å². The van der Waals surface area contributed by atoms with Crippen LogP contribution in [0.3, 0.4) is 0 Å². The Morgan fingerprint density at radius 1 is 1.04 bits per heavy atom. The van der Waals surface area contributed by atoms with Crippen LogP contribution in [0.2, 0.25) is 0 Å². The van der Waals surface area contributed by atoms with Gasteiger partial charge in [0, 0.05) is 10.9 Å². The third-order valence-corrected chi connectivity index (χ3v) is 3.75. The number of nitrogens with zero attached hydrogens (tertiary/aromatic N) is 1. The highest BCUT2D eigenvalue weighted by Gasteiger charge is 2.11. The highest BCUT2D eigenvalue weighted by atomic mass is 16.5. The van der Waals surface area contributed by atoms with Crippen molar-refractivity contribution in [2.24, 2.45) is 5.10 Å². The summed E-state index contributed by atoms with van der Waals surface area (Å²) in [6.45, 7) is 1.77. The Bertz CT molecular complexity index is 911. The van der Waals surface area contributed by atoms with E-state index >= 15 is 0 Å². The number of para-hydroxylation sites is 1. The van der Waals surface area contributed by atoms with Crippen LogP contribution in [0, 0.1) is 0 Å². The molecule has 0 saturated heterocycles. The highest BCUT2D eigenvalue weighted by Crippen LogP contribution is 2.27. The number of carbonyl (C=O) groups is 1. The van der Waals surface area contributed by atoms with Crippen LogP contribution < -0.4 is 14.9 Å². The van der Waals surface area contributed by atoms with Crippen molar-refractivity contribution in [2.75, 3.05) is 14.2 Å². The van der Waals surface area contributed by atoms with Gasteiger partial charge in [-0.1, -0.05) is 18.2 Å². The predicted molar refractivity (Wildman–Crippen MR) is 95.4 cm³/mol. The fourth-order valence-corrected chi connectivity index (χ4v) is 2.39. The largest absolute Gasteiger partial charge is 0.493 e. The number of fused-ring (bicyclic) bond motifs is 1. The first-order chi connectivity index (χ1) is 12.1. The summed E-state index contributed by atoms with van der Waals surface area (Å²) >= 11 is 0. The zero-order valence-corrected chi connectivity index (χ0v) is 14.2. The molecule has 0 aliphatic carbocycles. The Balaban J connectivity index is 1.77. The topological polar surface area (TPSA) is 73.1 Å². The van der Waals surface area contributed by atoms with Crippen molar-refractivity contribution in [3.8, 4) is 11.5 Å². The maximum absolute atomic E-state index is 12.3. The smallest absolute Gasteiger partial charge is 0.271 e. The van der Waals surface area contributed by atoms with Crippen LogP contribution in [-0.4, -0.2) is 25.8 Å². The average Bonchev–Trinajstić information content (AvgIpc) is 3.09. The third kappa shape index (κ3) is 3.47. The molecule has 0 aliphatic rings. The number of carbonyl (C=O) groups excluding carboxylic acids is 1. The van der Waals surface area contributed by atoms with Crippen LogP contribution in [0.1, 0.15) is 23.0 Å². The number of amides is 1. The molecule has 3 aromatic rings. The van der Waals surface area contributed by atoms with Gasteiger partial charge in [-0.3, -0.25) is 4.79 Å². The summed E-state index contributed by atoms with van der Waals surface area (Å²) in [5, 5.41) is 5.10. The van der Waals surface area contributed by atoms with Crippen molar-refractivity contribution < 1.29 is 18.7 Å². The summed E-state index contributed by atoms with van der Waals surface area (Å²) in [4.78, 5) is 12.3. The minimum Gasteiger partial charge on any atom is -0.493 e. The molecule has 0 unspecified atom stereocenters. The van der Waals surface area contributed by atoms with E-state index in [-0.39, 0.29) is 5.91 Å². The van der Waals surface area contributed by atoms with Gasteiger partial charge in [0.25, 0.3) is 5.91 Å². The minimum absolute atomic E-state index is 0.351. The van der Waals surface area contributed by atoms with E-state index in [4.69, 9.17) is 13.9 Å². The van der Waals surface area contributed by atoms with Crippen molar-refractivity contribution in [2.45, 2.75) is 6.92 Å². The van der Waals surface area contributed by atoms with Crippen LogP contribution in [0.4, 0.5) is 0 Å². The molecule has 1 aromatic heterocycles. The Kier molecular flexibility index (Phi) is 4.70. The number of benzene rings is 2. The number of hydrazone groups is 1. The van der Waals surface area contributed by atoms with E-state index in [2.05, 4.69) is 10.5 Å². The van der Waals surface area contributed by atoms with Crippen molar-refractivity contribution >= 4 is 22.6 Å². The highest BCUT2D eigenvalue weighted by molar-refractivity contribution is 6.01. The van der Waals surface area contributed by atoms with Crippen LogP contribution in [-0.2, 0) is 0 Å². The number of hydrogen-bond donors (Lipinski definition) is 1. The first-order valence-corrected chi connectivity index (χ1v) is 7.68. The summed E-state index contributed by atoms with van der Waals surface area (Å²) in [6.07, 6.45) is 0. The lowest BCUT2D eigenvalue weighted by Crippen LogP contribution is -2.19. The molecule has 25 heavy (non-hydrogen) atoms. The van der Waals surface area contributed by atoms with E-state index in [0.29, 0.717) is 28.5 Å². The Labute approximate surface area is 145 Å². The maximum atomic E-state index is 12.3. The van der Waals surface area contributed by atoms with Crippen molar-refractivity contribution in [3.05, 3.63) is 59.9 Å². The number of rotatable bonds is 5.